The van der Waals surface area contributed by atoms with Gasteiger partial charge in [-0.3, -0.25) is 9.78 Å². The van der Waals surface area contributed by atoms with Crippen molar-refractivity contribution in [3.63, 3.8) is 0 Å². The number of para-hydroxylation sites is 1. The van der Waals surface area contributed by atoms with Crippen LogP contribution in [0.3, 0.4) is 0 Å². The first-order valence-corrected chi connectivity index (χ1v) is 7.65. The Hall–Kier alpha value is -3.02. The second kappa shape index (κ2) is 6.23. The monoisotopic (exact) mass is 321 g/mol. The first-order chi connectivity index (χ1) is 11.5. The maximum atomic E-state index is 11.9. The van der Waals surface area contributed by atoms with Crippen molar-refractivity contribution in [1.29, 1.82) is 0 Å². The fraction of sp³-hybridized carbons (Fsp3) is 0.222. The molecular formula is C18H19N5O. The molecule has 0 fully saturated rings. The Kier molecular flexibility index (Phi) is 4.12. The van der Waals surface area contributed by atoms with E-state index in [1.807, 2.05) is 25.3 Å². The third kappa shape index (κ3) is 2.78. The minimum Gasteiger partial charge on any atom is -0.347 e. The van der Waals surface area contributed by atoms with Crippen LogP contribution in [0.2, 0.25) is 0 Å². The van der Waals surface area contributed by atoms with Crippen LogP contribution in [-0.4, -0.2) is 29.1 Å². The second-order valence-corrected chi connectivity index (χ2v) is 6.06. The molecule has 1 aromatic carbocycles. The van der Waals surface area contributed by atoms with Crippen molar-refractivity contribution in [1.82, 2.24) is 15.4 Å². The van der Waals surface area contributed by atoms with Crippen molar-refractivity contribution in [3.8, 4) is 0 Å². The summed E-state index contributed by atoms with van der Waals surface area (Å²) in [4.78, 5) is 21.8. The van der Waals surface area contributed by atoms with Crippen molar-refractivity contribution in [2.75, 3.05) is 11.9 Å². The fourth-order valence-electron chi connectivity index (χ4n) is 2.98. The summed E-state index contributed by atoms with van der Waals surface area (Å²) in [5.74, 6) is -0.389. The van der Waals surface area contributed by atoms with Gasteiger partial charge < -0.3 is 4.90 Å². The van der Waals surface area contributed by atoms with E-state index in [4.69, 9.17) is 0 Å². The molecule has 122 valence electrons. The van der Waals surface area contributed by atoms with Crippen LogP contribution < -0.4 is 10.3 Å². The molecule has 0 unspecified atom stereocenters. The van der Waals surface area contributed by atoms with Crippen LogP contribution in [0.4, 0.5) is 5.69 Å². The van der Waals surface area contributed by atoms with Gasteiger partial charge in [0.1, 0.15) is 5.69 Å². The Labute approximate surface area is 140 Å². The third-order valence-corrected chi connectivity index (χ3v) is 4.21. The molecule has 6 heteroatoms. The van der Waals surface area contributed by atoms with E-state index < -0.39 is 0 Å². The molecule has 2 heterocycles. The summed E-state index contributed by atoms with van der Waals surface area (Å²) >= 11 is 0. The molecule has 1 aliphatic heterocycles. The van der Waals surface area contributed by atoms with E-state index in [0.29, 0.717) is 0 Å². The van der Waals surface area contributed by atoms with E-state index in [1.165, 1.54) is 29.8 Å². The van der Waals surface area contributed by atoms with Gasteiger partial charge >= 0.3 is 0 Å². The molecular weight excluding hydrogens is 302 g/mol. The average molecular weight is 321 g/mol. The van der Waals surface area contributed by atoms with Gasteiger partial charge in [-0.05, 0) is 17.7 Å². The third-order valence-electron chi connectivity index (χ3n) is 4.21. The normalized spacial score (nSPS) is 17.3. The van der Waals surface area contributed by atoms with Gasteiger partial charge in [0.15, 0.2) is 0 Å². The molecule has 0 saturated heterocycles. The summed E-state index contributed by atoms with van der Waals surface area (Å²) in [5.41, 5.74) is 6.13. The summed E-state index contributed by atoms with van der Waals surface area (Å²) in [6, 6.07) is 8.32. The highest BCUT2D eigenvalue weighted by Crippen LogP contribution is 2.46. The number of hydrazone groups is 1. The molecule has 0 aliphatic carbocycles. The molecule has 0 saturated carbocycles. The lowest BCUT2D eigenvalue weighted by molar-refractivity contribution is 0.0949. The number of amides is 1. The van der Waals surface area contributed by atoms with E-state index >= 15 is 0 Å². The van der Waals surface area contributed by atoms with Crippen molar-refractivity contribution in [2.45, 2.75) is 19.3 Å². The minimum absolute atomic E-state index is 0.119. The largest absolute Gasteiger partial charge is 0.347 e. The van der Waals surface area contributed by atoms with Gasteiger partial charge in [-0.2, -0.15) is 5.10 Å². The number of hydrogen-bond acceptors (Lipinski definition) is 5. The van der Waals surface area contributed by atoms with Crippen LogP contribution >= 0.6 is 0 Å². The number of aromatic nitrogens is 2. The molecule has 0 radical (unpaired) electrons. The molecule has 24 heavy (non-hydrogen) atoms. The highest BCUT2D eigenvalue weighted by Gasteiger charge is 2.37. The van der Waals surface area contributed by atoms with Crippen molar-refractivity contribution in [3.05, 3.63) is 65.9 Å². The van der Waals surface area contributed by atoms with E-state index in [9.17, 15) is 4.79 Å². The second-order valence-electron chi connectivity index (χ2n) is 6.06. The van der Waals surface area contributed by atoms with Gasteiger partial charge in [0.25, 0.3) is 5.91 Å². The number of carbonyl (C=O) groups excluding carboxylic acids is 1. The number of hydrogen-bond donors (Lipinski definition) is 1. The highest BCUT2D eigenvalue weighted by atomic mass is 16.2. The van der Waals surface area contributed by atoms with E-state index in [-0.39, 0.29) is 17.0 Å². The minimum atomic E-state index is -0.389. The zero-order chi connectivity index (χ0) is 17.2. The zero-order valence-corrected chi connectivity index (χ0v) is 13.9. The molecule has 1 N–H and O–H groups in total. The predicted molar refractivity (Wildman–Crippen MR) is 93.9 cm³/mol. The summed E-state index contributed by atoms with van der Waals surface area (Å²) < 4.78 is 0. The number of nitrogens with one attached hydrogen (secondary N) is 1. The maximum Gasteiger partial charge on any atom is 0.291 e. The Morgan fingerprint density at radius 1 is 1.29 bits per heavy atom. The smallest absolute Gasteiger partial charge is 0.291 e. The van der Waals surface area contributed by atoms with Crippen LogP contribution in [0.25, 0.3) is 0 Å². The lowest BCUT2D eigenvalue weighted by Crippen LogP contribution is -2.23. The first-order valence-electron chi connectivity index (χ1n) is 7.65. The number of anilines is 1. The van der Waals surface area contributed by atoms with Gasteiger partial charge in [0, 0.05) is 42.5 Å². The van der Waals surface area contributed by atoms with Crippen LogP contribution in [-0.2, 0) is 5.41 Å². The summed E-state index contributed by atoms with van der Waals surface area (Å²) in [5, 5.41) is 3.98. The molecule has 3 rings (SSSR count). The predicted octanol–water partition coefficient (Wildman–Crippen LogP) is 2.50. The zero-order valence-electron chi connectivity index (χ0n) is 13.9. The van der Waals surface area contributed by atoms with Crippen molar-refractivity contribution < 1.29 is 4.79 Å². The van der Waals surface area contributed by atoms with Crippen LogP contribution in [0.15, 0.2) is 59.7 Å². The van der Waals surface area contributed by atoms with Gasteiger partial charge in [-0.1, -0.05) is 32.0 Å². The standard InChI is InChI=1S/C18H19N5O/c1-18(2)13-6-4-5-7-15(13)23(3)16(18)8-9-21-22-17(24)14-12-19-10-11-20-14/h4-12H,1-3H3,(H,22,24)/b16-8-,21-9-. The Morgan fingerprint density at radius 2 is 2.08 bits per heavy atom. The topological polar surface area (TPSA) is 70.5 Å². The van der Waals surface area contributed by atoms with Crippen LogP contribution in [0.5, 0.6) is 0 Å². The van der Waals surface area contributed by atoms with Crippen molar-refractivity contribution >= 4 is 17.8 Å². The van der Waals surface area contributed by atoms with Crippen LogP contribution in [0.1, 0.15) is 29.9 Å². The molecule has 1 aromatic heterocycles. The number of nitrogens with zero attached hydrogens (tertiary/aromatic N) is 4. The van der Waals surface area contributed by atoms with Crippen LogP contribution in [0, 0.1) is 0 Å². The molecule has 0 bridgehead atoms. The van der Waals surface area contributed by atoms with E-state index in [0.717, 1.165) is 5.70 Å². The van der Waals surface area contributed by atoms with Crippen molar-refractivity contribution in [2.24, 2.45) is 5.10 Å². The molecule has 0 spiro atoms. The highest BCUT2D eigenvalue weighted by molar-refractivity contribution is 5.92. The van der Waals surface area contributed by atoms with Gasteiger partial charge in [0.05, 0.1) is 6.20 Å². The number of rotatable bonds is 3. The quantitative estimate of drug-likeness (QED) is 0.696. The van der Waals surface area contributed by atoms with Gasteiger partial charge in [-0.25, -0.2) is 10.4 Å². The van der Waals surface area contributed by atoms with Gasteiger partial charge in [-0.15, -0.1) is 0 Å². The lowest BCUT2D eigenvalue weighted by Gasteiger charge is -2.23. The summed E-state index contributed by atoms with van der Waals surface area (Å²) in [7, 11) is 2.03. The Morgan fingerprint density at radius 3 is 2.79 bits per heavy atom. The first kappa shape index (κ1) is 15.9. The number of carbonyl (C=O) groups is 1. The molecule has 6 nitrogen and oxygen atoms in total. The summed E-state index contributed by atoms with van der Waals surface area (Å²) in [6.45, 7) is 4.35. The number of allylic oxidation sites excluding steroid dienone is 2. The fourth-order valence-corrected chi connectivity index (χ4v) is 2.98. The Balaban J connectivity index is 1.74. The Bertz CT molecular complexity index is 811. The molecule has 0 atom stereocenters. The number of likely N-dealkylation sites (N-methyl/N-ethyl adjacent to an activating group) is 1. The number of benzene rings is 1. The van der Waals surface area contributed by atoms with E-state index in [2.05, 4.69) is 51.4 Å². The molecule has 2 aromatic rings. The van der Waals surface area contributed by atoms with Gasteiger partial charge in [0.2, 0.25) is 0 Å². The SMILES string of the molecule is CN1/C(=C\C=N/NC(=O)c2cnccn2)C(C)(C)c2ccccc21. The molecule has 1 amide bonds. The lowest BCUT2D eigenvalue weighted by atomic mass is 9.84. The van der Waals surface area contributed by atoms with E-state index in [1.54, 1.807) is 6.21 Å². The average Bonchev–Trinajstić information content (AvgIpc) is 2.80. The summed E-state index contributed by atoms with van der Waals surface area (Å²) in [6.07, 6.45) is 7.88. The maximum absolute atomic E-state index is 11.9. The number of fused-ring (bicyclic) bond motifs is 1. The molecule has 1 aliphatic rings.